The van der Waals surface area contributed by atoms with Gasteiger partial charge in [0.25, 0.3) is 0 Å². The standard InChI is InChI=1S/C28H35ClF2N2O4/c1-18(2)14-33(15-19-10-22(29)27-26(11-19)36-8-5-9-37-27)28(34)20-6-4-7-32(16-20)17-21-12-25(35-3)24(31)13-23(21)30/h10-13,18,20H,4-9,14-17H2,1-3H3/t20-/m1/s1. The number of fused-ring (bicyclic) bond motifs is 1. The fourth-order valence-corrected chi connectivity index (χ4v) is 5.31. The molecule has 0 unspecified atom stereocenters. The average Bonchev–Trinajstić information content (AvgIpc) is 3.11. The number of ether oxygens (including phenoxy) is 3. The molecular formula is C28H35ClF2N2O4. The molecule has 202 valence electrons. The number of hydrogen-bond donors (Lipinski definition) is 0. The Kier molecular flexibility index (Phi) is 9.13. The monoisotopic (exact) mass is 536 g/mol. The zero-order valence-corrected chi connectivity index (χ0v) is 22.5. The van der Waals surface area contributed by atoms with Crippen molar-refractivity contribution in [2.45, 2.75) is 46.2 Å². The van der Waals surface area contributed by atoms with Crippen LogP contribution in [-0.4, -0.2) is 55.7 Å². The number of likely N-dealkylation sites (tertiary alicyclic amines) is 1. The Morgan fingerprint density at radius 3 is 2.70 bits per heavy atom. The SMILES string of the molecule is COc1cc(CN2CCC[C@@H](C(=O)N(Cc3cc(Cl)c4c(c3)OCCCO4)CC(C)C)C2)c(F)cc1F. The summed E-state index contributed by atoms with van der Waals surface area (Å²) >= 11 is 6.50. The van der Waals surface area contributed by atoms with E-state index < -0.39 is 11.6 Å². The van der Waals surface area contributed by atoms with Crippen LogP contribution in [0.25, 0.3) is 0 Å². The maximum Gasteiger partial charge on any atom is 0.227 e. The second kappa shape index (κ2) is 12.3. The lowest BCUT2D eigenvalue weighted by Crippen LogP contribution is -2.45. The molecule has 0 spiro atoms. The molecule has 1 fully saturated rings. The van der Waals surface area contributed by atoms with Crippen LogP contribution in [0.5, 0.6) is 17.2 Å². The molecule has 2 aromatic rings. The van der Waals surface area contributed by atoms with E-state index in [-0.39, 0.29) is 30.0 Å². The van der Waals surface area contributed by atoms with Gasteiger partial charge in [0.15, 0.2) is 23.1 Å². The van der Waals surface area contributed by atoms with Crippen LogP contribution in [0.2, 0.25) is 5.02 Å². The zero-order chi connectivity index (χ0) is 26.5. The van der Waals surface area contributed by atoms with E-state index in [2.05, 4.69) is 18.7 Å². The number of methoxy groups -OCH3 is 1. The average molecular weight is 537 g/mol. The molecule has 0 aliphatic carbocycles. The summed E-state index contributed by atoms with van der Waals surface area (Å²) < 4.78 is 44.9. The van der Waals surface area contributed by atoms with Gasteiger partial charge in [0.2, 0.25) is 5.91 Å². The highest BCUT2D eigenvalue weighted by atomic mass is 35.5. The second-order valence-corrected chi connectivity index (χ2v) is 10.6. The van der Waals surface area contributed by atoms with Gasteiger partial charge < -0.3 is 19.1 Å². The van der Waals surface area contributed by atoms with Gasteiger partial charge in [0, 0.05) is 44.2 Å². The minimum absolute atomic E-state index is 0.0120. The first-order valence-corrected chi connectivity index (χ1v) is 13.2. The predicted octanol–water partition coefficient (Wildman–Crippen LogP) is 5.68. The zero-order valence-electron chi connectivity index (χ0n) is 21.7. The number of hydrogen-bond acceptors (Lipinski definition) is 5. The molecule has 0 radical (unpaired) electrons. The number of carbonyl (C=O) groups is 1. The van der Waals surface area contributed by atoms with Crippen molar-refractivity contribution in [1.82, 2.24) is 9.80 Å². The molecule has 6 nitrogen and oxygen atoms in total. The Morgan fingerprint density at radius 2 is 1.95 bits per heavy atom. The first-order valence-electron chi connectivity index (χ1n) is 12.9. The summed E-state index contributed by atoms with van der Waals surface area (Å²) in [6.45, 7) is 7.82. The lowest BCUT2D eigenvalue weighted by atomic mass is 9.95. The van der Waals surface area contributed by atoms with Crippen molar-refractivity contribution in [2.75, 3.05) is 40.0 Å². The lowest BCUT2D eigenvalue weighted by Gasteiger charge is -2.36. The van der Waals surface area contributed by atoms with Crippen molar-refractivity contribution < 1.29 is 27.8 Å². The molecule has 37 heavy (non-hydrogen) atoms. The molecule has 2 aliphatic rings. The van der Waals surface area contributed by atoms with Gasteiger partial charge in [-0.15, -0.1) is 0 Å². The van der Waals surface area contributed by atoms with E-state index in [1.54, 1.807) is 0 Å². The van der Waals surface area contributed by atoms with Crippen LogP contribution in [0.15, 0.2) is 24.3 Å². The van der Waals surface area contributed by atoms with Crippen LogP contribution in [-0.2, 0) is 17.9 Å². The van der Waals surface area contributed by atoms with Gasteiger partial charge in [0.05, 0.1) is 31.3 Å². The van der Waals surface area contributed by atoms with E-state index in [1.807, 2.05) is 17.0 Å². The topological polar surface area (TPSA) is 51.2 Å². The first-order chi connectivity index (χ1) is 17.7. The highest BCUT2D eigenvalue weighted by Crippen LogP contribution is 2.38. The van der Waals surface area contributed by atoms with E-state index in [0.717, 1.165) is 37.4 Å². The fourth-order valence-electron chi connectivity index (χ4n) is 5.02. The summed E-state index contributed by atoms with van der Waals surface area (Å²) in [5.74, 6) is -0.0327. The second-order valence-electron chi connectivity index (χ2n) is 10.2. The summed E-state index contributed by atoms with van der Waals surface area (Å²) in [4.78, 5) is 17.7. The maximum absolute atomic E-state index is 14.4. The third-order valence-electron chi connectivity index (χ3n) is 6.70. The smallest absolute Gasteiger partial charge is 0.227 e. The maximum atomic E-state index is 14.4. The van der Waals surface area contributed by atoms with Crippen molar-refractivity contribution in [3.63, 3.8) is 0 Å². The van der Waals surface area contributed by atoms with Crippen LogP contribution < -0.4 is 14.2 Å². The van der Waals surface area contributed by atoms with Crippen LogP contribution in [0.4, 0.5) is 8.78 Å². The van der Waals surface area contributed by atoms with E-state index >= 15 is 0 Å². The Bertz CT molecular complexity index is 1110. The molecule has 1 saturated heterocycles. The van der Waals surface area contributed by atoms with E-state index in [0.29, 0.717) is 54.9 Å². The number of carbonyl (C=O) groups excluding carboxylic acids is 1. The molecule has 0 saturated carbocycles. The van der Waals surface area contributed by atoms with Crippen LogP contribution >= 0.6 is 11.6 Å². The van der Waals surface area contributed by atoms with E-state index in [1.165, 1.54) is 13.2 Å². The lowest BCUT2D eigenvalue weighted by molar-refractivity contribution is -0.138. The Balaban J connectivity index is 1.48. The molecule has 2 aliphatic heterocycles. The summed E-state index contributed by atoms with van der Waals surface area (Å²) in [7, 11) is 1.36. The minimum Gasteiger partial charge on any atom is -0.494 e. The number of piperidine rings is 1. The first kappa shape index (κ1) is 27.5. The molecular weight excluding hydrogens is 502 g/mol. The minimum atomic E-state index is -0.727. The fraction of sp³-hybridized carbons (Fsp3) is 0.536. The molecule has 0 N–H and O–H groups in total. The molecule has 2 heterocycles. The highest BCUT2D eigenvalue weighted by Gasteiger charge is 2.31. The Hall–Kier alpha value is -2.58. The van der Waals surface area contributed by atoms with E-state index in [4.69, 9.17) is 25.8 Å². The summed E-state index contributed by atoms with van der Waals surface area (Å²) in [6.07, 6.45) is 2.37. The number of rotatable bonds is 8. The predicted molar refractivity (Wildman–Crippen MR) is 138 cm³/mol. The summed E-state index contributed by atoms with van der Waals surface area (Å²) in [6, 6.07) is 6.00. The molecule has 2 aromatic carbocycles. The van der Waals surface area contributed by atoms with Crippen molar-refractivity contribution in [1.29, 1.82) is 0 Å². The van der Waals surface area contributed by atoms with Gasteiger partial charge in [-0.25, -0.2) is 8.78 Å². The number of benzene rings is 2. The molecule has 9 heteroatoms. The van der Waals surface area contributed by atoms with Crippen LogP contribution in [0.1, 0.15) is 44.2 Å². The molecule has 0 aromatic heterocycles. The van der Waals surface area contributed by atoms with Crippen LogP contribution in [0, 0.1) is 23.5 Å². The molecule has 1 atom stereocenters. The highest BCUT2D eigenvalue weighted by molar-refractivity contribution is 6.32. The molecule has 4 rings (SSSR count). The number of nitrogens with zero attached hydrogens (tertiary/aromatic N) is 2. The largest absolute Gasteiger partial charge is 0.494 e. The van der Waals surface area contributed by atoms with Gasteiger partial charge in [-0.2, -0.15) is 0 Å². The quantitative estimate of drug-likeness (QED) is 0.434. The van der Waals surface area contributed by atoms with Gasteiger partial charge in [-0.3, -0.25) is 9.69 Å². The van der Waals surface area contributed by atoms with Crippen molar-refractivity contribution >= 4 is 17.5 Å². The molecule has 0 bridgehead atoms. The van der Waals surface area contributed by atoms with Crippen molar-refractivity contribution in [2.24, 2.45) is 11.8 Å². The third-order valence-corrected chi connectivity index (χ3v) is 6.98. The van der Waals surface area contributed by atoms with Gasteiger partial charge in [0.1, 0.15) is 5.82 Å². The Morgan fingerprint density at radius 1 is 1.16 bits per heavy atom. The van der Waals surface area contributed by atoms with Gasteiger partial charge in [-0.1, -0.05) is 25.4 Å². The Labute approximate surface area is 222 Å². The summed E-state index contributed by atoms with van der Waals surface area (Å²) in [5, 5.41) is 0.479. The summed E-state index contributed by atoms with van der Waals surface area (Å²) in [5.41, 5.74) is 1.24. The van der Waals surface area contributed by atoms with Crippen LogP contribution in [0.3, 0.4) is 0 Å². The van der Waals surface area contributed by atoms with Gasteiger partial charge in [-0.05, 0) is 49.1 Å². The van der Waals surface area contributed by atoms with Gasteiger partial charge >= 0.3 is 0 Å². The third kappa shape index (κ3) is 6.85. The number of halogens is 3. The normalized spacial score (nSPS) is 18.0. The van der Waals surface area contributed by atoms with Crippen molar-refractivity contribution in [3.8, 4) is 17.2 Å². The van der Waals surface area contributed by atoms with E-state index in [9.17, 15) is 13.6 Å². The molecule has 1 amide bonds. The number of amides is 1. The van der Waals surface area contributed by atoms with Crippen molar-refractivity contribution in [3.05, 3.63) is 52.0 Å².